The van der Waals surface area contributed by atoms with E-state index in [1.807, 2.05) is 6.92 Å². The molecule has 21 heavy (non-hydrogen) atoms. The molecule has 0 aliphatic heterocycles. The molecule has 4 heteroatoms. The minimum atomic E-state index is -1.28. The molecule has 0 unspecified atom stereocenters. The van der Waals surface area contributed by atoms with Crippen LogP contribution in [0, 0.1) is 30.2 Å². The second-order valence-electron chi connectivity index (χ2n) is 5.08. The molecule has 0 fully saturated rings. The monoisotopic (exact) mass is 296 g/mol. The summed E-state index contributed by atoms with van der Waals surface area (Å²) in [7, 11) is 0. The summed E-state index contributed by atoms with van der Waals surface area (Å²) < 4.78 is 55.1. The average molecular weight is 296 g/mol. The summed E-state index contributed by atoms with van der Waals surface area (Å²) in [4.78, 5) is 0. The van der Waals surface area contributed by atoms with Crippen LogP contribution in [0.4, 0.5) is 17.6 Å². The summed E-state index contributed by atoms with van der Waals surface area (Å²) in [6, 6.07) is 5.15. The van der Waals surface area contributed by atoms with Crippen molar-refractivity contribution < 1.29 is 17.6 Å². The van der Waals surface area contributed by atoms with E-state index >= 15 is 0 Å². The van der Waals surface area contributed by atoms with Crippen LogP contribution in [0.1, 0.15) is 30.9 Å². The first-order valence-electron chi connectivity index (χ1n) is 6.88. The predicted octanol–water partition coefficient (Wildman–Crippen LogP) is 5.56. The summed E-state index contributed by atoms with van der Waals surface area (Å²) in [5.41, 5.74) is -0.150. The Bertz CT molecular complexity index is 662. The maximum absolute atomic E-state index is 14.1. The highest BCUT2D eigenvalue weighted by atomic mass is 19.2. The van der Waals surface area contributed by atoms with E-state index in [2.05, 4.69) is 0 Å². The van der Waals surface area contributed by atoms with Gasteiger partial charge >= 0.3 is 0 Å². The molecule has 2 rings (SSSR count). The highest BCUT2D eigenvalue weighted by molar-refractivity contribution is 5.66. The van der Waals surface area contributed by atoms with Gasteiger partial charge in [-0.1, -0.05) is 25.5 Å². The lowest BCUT2D eigenvalue weighted by atomic mass is 9.99. The van der Waals surface area contributed by atoms with Crippen molar-refractivity contribution in [2.45, 2.75) is 33.1 Å². The van der Waals surface area contributed by atoms with Crippen LogP contribution in [0.15, 0.2) is 24.3 Å². The van der Waals surface area contributed by atoms with Crippen LogP contribution in [0.3, 0.4) is 0 Å². The lowest BCUT2D eigenvalue weighted by Gasteiger charge is -2.10. The van der Waals surface area contributed by atoms with Gasteiger partial charge in [0.1, 0.15) is 11.6 Å². The largest absolute Gasteiger partial charge is 0.207 e. The van der Waals surface area contributed by atoms with Crippen molar-refractivity contribution in [3.8, 4) is 11.1 Å². The average Bonchev–Trinajstić information content (AvgIpc) is 2.47. The normalized spacial score (nSPS) is 11.0. The van der Waals surface area contributed by atoms with Gasteiger partial charge in [0.15, 0.2) is 11.6 Å². The third kappa shape index (κ3) is 3.09. The fourth-order valence-corrected chi connectivity index (χ4v) is 2.20. The number of benzene rings is 2. The summed E-state index contributed by atoms with van der Waals surface area (Å²) in [5.74, 6) is -4.07. The number of unbranched alkanes of at least 4 members (excludes halogenated alkanes) is 1. The second-order valence-corrected chi connectivity index (χ2v) is 5.08. The molecule has 2 aromatic rings. The smallest absolute Gasteiger partial charge is 0.167 e. The number of hydrogen-bond donors (Lipinski definition) is 0. The topological polar surface area (TPSA) is 0 Å². The molecule has 112 valence electrons. The van der Waals surface area contributed by atoms with Crippen molar-refractivity contribution in [2.75, 3.05) is 0 Å². The number of hydrogen-bond acceptors (Lipinski definition) is 0. The fourth-order valence-electron chi connectivity index (χ4n) is 2.20. The van der Waals surface area contributed by atoms with Crippen LogP contribution in [0.25, 0.3) is 11.1 Å². The van der Waals surface area contributed by atoms with Gasteiger partial charge in [-0.2, -0.15) is 0 Å². The van der Waals surface area contributed by atoms with Gasteiger partial charge in [0.25, 0.3) is 0 Å². The van der Waals surface area contributed by atoms with Crippen molar-refractivity contribution in [1.29, 1.82) is 0 Å². The Morgan fingerprint density at radius 3 is 2.19 bits per heavy atom. The third-order valence-corrected chi connectivity index (χ3v) is 3.53. The number of halogens is 4. The number of rotatable bonds is 4. The van der Waals surface area contributed by atoms with Gasteiger partial charge < -0.3 is 0 Å². The van der Waals surface area contributed by atoms with Gasteiger partial charge in [0, 0.05) is 16.7 Å². The van der Waals surface area contributed by atoms with Crippen molar-refractivity contribution in [3.63, 3.8) is 0 Å². The first kappa shape index (κ1) is 15.5. The Morgan fingerprint density at radius 1 is 0.857 bits per heavy atom. The zero-order chi connectivity index (χ0) is 15.6. The summed E-state index contributed by atoms with van der Waals surface area (Å²) in [5, 5.41) is 0. The summed E-state index contributed by atoms with van der Waals surface area (Å²) >= 11 is 0. The molecule has 0 aromatic heterocycles. The minimum absolute atomic E-state index is 0.134. The van der Waals surface area contributed by atoms with Crippen LogP contribution in [-0.4, -0.2) is 0 Å². The molecule has 0 atom stereocenters. The molecule has 0 nitrogen and oxygen atoms in total. The first-order valence-corrected chi connectivity index (χ1v) is 6.88. The molecular formula is C17H16F4. The maximum atomic E-state index is 14.1. The van der Waals surface area contributed by atoms with Crippen LogP contribution < -0.4 is 0 Å². The Kier molecular flexibility index (Phi) is 4.66. The maximum Gasteiger partial charge on any atom is 0.167 e. The molecule has 0 saturated carbocycles. The molecule has 0 heterocycles. The summed E-state index contributed by atoms with van der Waals surface area (Å²) in [6.45, 7) is 3.17. The van der Waals surface area contributed by atoms with Crippen LogP contribution >= 0.6 is 0 Å². The van der Waals surface area contributed by atoms with Gasteiger partial charge in [-0.25, -0.2) is 17.6 Å². The highest BCUT2D eigenvalue weighted by Gasteiger charge is 2.19. The van der Waals surface area contributed by atoms with E-state index in [9.17, 15) is 17.6 Å². The lowest BCUT2D eigenvalue weighted by molar-refractivity contribution is 0.488. The van der Waals surface area contributed by atoms with E-state index in [-0.39, 0.29) is 5.56 Å². The molecular weight excluding hydrogens is 280 g/mol. The van der Waals surface area contributed by atoms with E-state index in [1.54, 1.807) is 6.07 Å². The molecule has 0 aliphatic carbocycles. The molecule has 0 saturated heterocycles. The van der Waals surface area contributed by atoms with Crippen molar-refractivity contribution in [1.82, 2.24) is 0 Å². The van der Waals surface area contributed by atoms with Crippen LogP contribution in [0.5, 0.6) is 0 Å². The SMILES string of the molecule is CCCCc1ccc(-c2cc(F)c(C)c(F)c2F)c(F)c1. The second kappa shape index (κ2) is 6.29. The molecule has 0 spiro atoms. The van der Waals surface area contributed by atoms with E-state index < -0.39 is 34.4 Å². The molecule has 0 radical (unpaired) electrons. The zero-order valence-electron chi connectivity index (χ0n) is 11.9. The first-order chi connectivity index (χ1) is 9.95. The van der Waals surface area contributed by atoms with E-state index in [4.69, 9.17) is 0 Å². The van der Waals surface area contributed by atoms with E-state index in [1.165, 1.54) is 12.1 Å². The van der Waals surface area contributed by atoms with Gasteiger partial charge in [-0.3, -0.25) is 0 Å². The van der Waals surface area contributed by atoms with Gasteiger partial charge in [-0.15, -0.1) is 0 Å². The van der Waals surface area contributed by atoms with Crippen molar-refractivity contribution in [3.05, 3.63) is 58.7 Å². The zero-order valence-corrected chi connectivity index (χ0v) is 11.9. The lowest BCUT2D eigenvalue weighted by Crippen LogP contribution is -1.99. The predicted molar refractivity (Wildman–Crippen MR) is 75.1 cm³/mol. The molecule has 0 amide bonds. The van der Waals surface area contributed by atoms with Gasteiger partial charge in [-0.05, 0) is 37.5 Å². The molecule has 0 N–H and O–H groups in total. The fraction of sp³-hybridized carbons (Fsp3) is 0.294. The Balaban J connectivity index is 2.48. The number of aryl methyl sites for hydroxylation is 1. The molecule has 0 bridgehead atoms. The standard InChI is InChI=1S/C17H16F4/c1-3-4-5-11-6-7-12(15(19)8-11)13-9-14(18)10(2)16(20)17(13)21/h6-9H,3-5H2,1-2H3. The van der Waals surface area contributed by atoms with Gasteiger partial charge in [0.2, 0.25) is 0 Å². The Labute approximate surface area is 121 Å². The van der Waals surface area contributed by atoms with E-state index in [0.29, 0.717) is 6.42 Å². The quantitative estimate of drug-likeness (QED) is 0.512. The van der Waals surface area contributed by atoms with Gasteiger partial charge in [0.05, 0.1) is 0 Å². The molecule has 0 aliphatic rings. The van der Waals surface area contributed by atoms with Crippen molar-refractivity contribution >= 4 is 0 Å². The molecule has 2 aromatic carbocycles. The van der Waals surface area contributed by atoms with Crippen LogP contribution in [0.2, 0.25) is 0 Å². The summed E-state index contributed by atoms with van der Waals surface area (Å²) in [6.07, 6.45) is 2.61. The third-order valence-electron chi connectivity index (χ3n) is 3.53. The van der Waals surface area contributed by atoms with Crippen molar-refractivity contribution in [2.24, 2.45) is 0 Å². The Hall–Kier alpha value is -1.84. The minimum Gasteiger partial charge on any atom is -0.207 e. The van der Waals surface area contributed by atoms with E-state index in [0.717, 1.165) is 31.4 Å². The highest BCUT2D eigenvalue weighted by Crippen LogP contribution is 2.30. The van der Waals surface area contributed by atoms with Crippen LogP contribution in [-0.2, 0) is 6.42 Å². The Morgan fingerprint density at radius 2 is 1.57 bits per heavy atom.